The average Bonchev–Trinajstić information content (AvgIpc) is 2.60. The molecular formula is C18H21N3O5S. The van der Waals surface area contributed by atoms with E-state index in [9.17, 15) is 18.0 Å². The van der Waals surface area contributed by atoms with Crippen molar-refractivity contribution in [3.05, 3.63) is 48.5 Å². The van der Waals surface area contributed by atoms with Gasteiger partial charge in [0.2, 0.25) is 5.91 Å². The standard InChI is InChI=1S/C18H21N3O5S/c1-12(18(23)19-3)26-16-7-9-17(10-8-16)27(24,25)21-15-6-4-5-14(11-15)20-13(2)22/h4-12,21H,1-3H3,(H,19,23)(H,20,22)/t12-/m1/s1. The van der Waals surface area contributed by atoms with E-state index in [0.717, 1.165) is 0 Å². The first-order chi connectivity index (χ1) is 12.7. The number of sulfonamides is 1. The zero-order chi connectivity index (χ0) is 20.0. The molecule has 0 bridgehead atoms. The summed E-state index contributed by atoms with van der Waals surface area (Å²) in [5.74, 6) is -0.165. The first kappa shape index (κ1) is 20.2. The highest BCUT2D eigenvalue weighted by molar-refractivity contribution is 7.92. The van der Waals surface area contributed by atoms with E-state index in [-0.39, 0.29) is 16.7 Å². The second-order valence-corrected chi connectivity index (χ2v) is 7.40. The molecule has 1 atom stereocenters. The minimum atomic E-state index is -3.82. The van der Waals surface area contributed by atoms with Crippen LogP contribution in [0.2, 0.25) is 0 Å². The molecular weight excluding hydrogens is 370 g/mol. The summed E-state index contributed by atoms with van der Waals surface area (Å²) in [6.45, 7) is 2.96. The van der Waals surface area contributed by atoms with Crippen LogP contribution in [-0.2, 0) is 19.6 Å². The van der Waals surface area contributed by atoms with Gasteiger partial charge in [0.15, 0.2) is 6.10 Å². The number of rotatable bonds is 7. The maximum atomic E-state index is 12.5. The lowest BCUT2D eigenvalue weighted by atomic mass is 10.3. The molecule has 0 spiro atoms. The first-order valence-corrected chi connectivity index (χ1v) is 9.58. The number of carbonyl (C=O) groups is 2. The quantitative estimate of drug-likeness (QED) is 0.668. The summed E-state index contributed by atoms with van der Waals surface area (Å²) in [6, 6.07) is 12.1. The van der Waals surface area contributed by atoms with Crippen LogP contribution in [0.5, 0.6) is 5.75 Å². The van der Waals surface area contributed by atoms with Gasteiger partial charge in [0.05, 0.1) is 10.6 Å². The molecule has 0 aliphatic rings. The summed E-state index contributed by atoms with van der Waals surface area (Å²) in [4.78, 5) is 22.6. The molecule has 8 nitrogen and oxygen atoms in total. The van der Waals surface area contributed by atoms with E-state index in [4.69, 9.17) is 4.74 Å². The van der Waals surface area contributed by atoms with E-state index in [1.807, 2.05) is 0 Å². The number of hydrogen-bond acceptors (Lipinski definition) is 5. The normalized spacial score (nSPS) is 12.0. The Hall–Kier alpha value is -3.07. The lowest BCUT2D eigenvalue weighted by Gasteiger charge is -2.14. The molecule has 0 fully saturated rings. The van der Waals surface area contributed by atoms with E-state index in [1.165, 1.54) is 44.3 Å². The Bertz CT molecular complexity index is 926. The highest BCUT2D eigenvalue weighted by atomic mass is 32.2. The summed E-state index contributed by atoms with van der Waals surface area (Å²) >= 11 is 0. The van der Waals surface area contributed by atoms with Crippen molar-refractivity contribution < 1.29 is 22.7 Å². The van der Waals surface area contributed by atoms with Crippen LogP contribution < -0.4 is 20.1 Å². The van der Waals surface area contributed by atoms with E-state index in [1.54, 1.807) is 25.1 Å². The van der Waals surface area contributed by atoms with Gasteiger partial charge in [-0.1, -0.05) is 6.07 Å². The Kier molecular flexibility index (Phi) is 6.40. The van der Waals surface area contributed by atoms with Gasteiger partial charge in [-0.15, -0.1) is 0 Å². The molecule has 27 heavy (non-hydrogen) atoms. The van der Waals surface area contributed by atoms with Crippen molar-refractivity contribution in [2.45, 2.75) is 24.8 Å². The smallest absolute Gasteiger partial charge is 0.261 e. The zero-order valence-electron chi connectivity index (χ0n) is 15.1. The van der Waals surface area contributed by atoms with Crippen molar-refractivity contribution in [1.29, 1.82) is 0 Å². The topological polar surface area (TPSA) is 114 Å². The molecule has 0 saturated heterocycles. The Morgan fingerprint density at radius 1 is 1.04 bits per heavy atom. The molecule has 0 radical (unpaired) electrons. The van der Waals surface area contributed by atoms with Gasteiger partial charge in [0.25, 0.3) is 15.9 Å². The van der Waals surface area contributed by atoms with Crippen LogP contribution in [0.1, 0.15) is 13.8 Å². The number of anilines is 2. The average molecular weight is 391 g/mol. The van der Waals surface area contributed by atoms with Crippen LogP contribution in [0.25, 0.3) is 0 Å². The predicted molar refractivity (Wildman–Crippen MR) is 102 cm³/mol. The second kappa shape index (κ2) is 8.54. The fourth-order valence-corrected chi connectivity index (χ4v) is 3.29. The van der Waals surface area contributed by atoms with Crippen molar-refractivity contribution in [3.8, 4) is 5.75 Å². The van der Waals surface area contributed by atoms with Crippen molar-refractivity contribution in [2.24, 2.45) is 0 Å². The fourth-order valence-electron chi connectivity index (χ4n) is 2.24. The van der Waals surface area contributed by atoms with Crippen molar-refractivity contribution in [1.82, 2.24) is 5.32 Å². The summed E-state index contributed by atoms with van der Waals surface area (Å²) < 4.78 is 32.9. The van der Waals surface area contributed by atoms with Crippen LogP contribution in [0.15, 0.2) is 53.4 Å². The van der Waals surface area contributed by atoms with E-state index >= 15 is 0 Å². The number of hydrogen-bond donors (Lipinski definition) is 3. The minimum Gasteiger partial charge on any atom is -0.481 e. The molecule has 9 heteroatoms. The summed E-state index contributed by atoms with van der Waals surface area (Å²) in [5.41, 5.74) is 0.796. The summed E-state index contributed by atoms with van der Waals surface area (Å²) in [7, 11) is -2.32. The maximum absolute atomic E-state index is 12.5. The van der Waals surface area contributed by atoms with E-state index in [0.29, 0.717) is 17.1 Å². The van der Waals surface area contributed by atoms with Gasteiger partial charge in [0.1, 0.15) is 5.75 Å². The van der Waals surface area contributed by atoms with E-state index < -0.39 is 16.1 Å². The lowest BCUT2D eigenvalue weighted by molar-refractivity contribution is -0.126. The van der Waals surface area contributed by atoms with Crippen LogP contribution in [0.3, 0.4) is 0 Å². The molecule has 2 aromatic rings. The molecule has 0 aliphatic carbocycles. The largest absolute Gasteiger partial charge is 0.481 e. The number of likely N-dealkylation sites (N-methyl/N-ethyl adjacent to an activating group) is 1. The molecule has 0 unspecified atom stereocenters. The minimum absolute atomic E-state index is 0.0346. The van der Waals surface area contributed by atoms with Gasteiger partial charge in [-0.25, -0.2) is 8.42 Å². The van der Waals surface area contributed by atoms with Gasteiger partial charge in [-0.05, 0) is 49.4 Å². The maximum Gasteiger partial charge on any atom is 0.261 e. The third kappa shape index (κ3) is 5.71. The molecule has 2 amide bonds. The number of amides is 2. The van der Waals surface area contributed by atoms with Crippen molar-refractivity contribution >= 4 is 33.2 Å². The molecule has 3 N–H and O–H groups in total. The zero-order valence-corrected chi connectivity index (χ0v) is 16.0. The number of carbonyl (C=O) groups excluding carboxylic acids is 2. The molecule has 0 aliphatic heterocycles. The number of nitrogens with one attached hydrogen (secondary N) is 3. The van der Waals surface area contributed by atoms with E-state index in [2.05, 4.69) is 15.4 Å². The lowest BCUT2D eigenvalue weighted by Crippen LogP contribution is -2.33. The third-order valence-electron chi connectivity index (χ3n) is 3.50. The van der Waals surface area contributed by atoms with Gasteiger partial charge in [-0.2, -0.15) is 0 Å². The molecule has 0 saturated carbocycles. The fraction of sp³-hybridized carbons (Fsp3) is 0.222. The molecule has 2 rings (SSSR count). The molecule has 0 heterocycles. The highest BCUT2D eigenvalue weighted by Gasteiger charge is 2.16. The van der Waals surface area contributed by atoms with Crippen LogP contribution in [-0.4, -0.2) is 33.4 Å². The second-order valence-electron chi connectivity index (χ2n) is 5.71. The Balaban J connectivity index is 2.13. The summed E-state index contributed by atoms with van der Waals surface area (Å²) in [6.07, 6.45) is -0.702. The van der Waals surface area contributed by atoms with Crippen LogP contribution in [0, 0.1) is 0 Å². The van der Waals surface area contributed by atoms with Crippen LogP contribution >= 0.6 is 0 Å². The predicted octanol–water partition coefficient (Wildman–Crippen LogP) is 1.96. The van der Waals surface area contributed by atoms with Crippen molar-refractivity contribution in [3.63, 3.8) is 0 Å². The van der Waals surface area contributed by atoms with Gasteiger partial charge in [0, 0.05) is 19.7 Å². The third-order valence-corrected chi connectivity index (χ3v) is 4.89. The monoisotopic (exact) mass is 391 g/mol. The van der Waals surface area contributed by atoms with Gasteiger partial charge in [-0.3, -0.25) is 14.3 Å². The Morgan fingerprint density at radius 2 is 1.67 bits per heavy atom. The van der Waals surface area contributed by atoms with Crippen LogP contribution in [0.4, 0.5) is 11.4 Å². The Labute approximate surface area is 158 Å². The molecule has 2 aromatic carbocycles. The Morgan fingerprint density at radius 3 is 2.26 bits per heavy atom. The highest BCUT2D eigenvalue weighted by Crippen LogP contribution is 2.22. The first-order valence-electron chi connectivity index (χ1n) is 8.10. The summed E-state index contributed by atoms with van der Waals surface area (Å²) in [5, 5.41) is 5.06. The van der Waals surface area contributed by atoms with Gasteiger partial charge >= 0.3 is 0 Å². The SMILES string of the molecule is CNC(=O)[C@@H](C)Oc1ccc(S(=O)(=O)Nc2cccc(NC(C)=O)c2)cc1. The van der Waals surface area contributed by atoms with Gasteiger partial charge < -0.3 is 15.4 Å². The number of ether oxygens (including phenoxy) is 1. The van der Waals surface area contributed by atoms with Crippen molar-refractivity contribution in [2.75, 3.05) is 17.1 Å². The molecule has 144 valence electrons. The molecule has 0 aromatic heterocycles. The number of benzene rings is 2.